The number of nitrogens with one attached hydrogen (secondary N) is 2. The van der Waals surface area contributed by atoms with E-state index in [9.17, 15) is 4.79 Å². The number of benzene rings is 1. The second kappa shape index (κ2) is 7.42. The Morgan fingerprint density at radius 2 is 2.22 bits per heavy atom. The lowest BCUT2D eigenvalue weighted by Crippen LogP contribution is -2.42. The third-order valence-corrected chi connectivity index (χ3v) is 4.36. The highest BCUT2D eigenvalue weighted by Crippen LogP contribution is 2.16. The van der Waals surface area contributed by atoms with Crippen LogP contribution < -0.4 is 10.6 Å². The number of nitrogens with zero attached hydrogens (tertiary/aromatic N) is 2. The van der Waals surface area contributed by atoms with Crippen LogP contribution in [0.5, 0.6) is 0 Å². The quantitative estimate of drug-likeness (QED) is 0.887. The number of hydrogen-bond donors (Lipinski definition) is 2. The zero-order valence-electron chi connectivity index (χ0n) is 13.5. The standard InChI is InChI=1S/C18H24N4O/c1-14-11-16(8-10-19-14)18(23)20-9-7-15-12-21-22(13-15)17-5-3-2-4-6-17/h2-6,12-14,16,19H,7-11H2,1H3,(H,20,23)/t14-,16-/m0/s1. The Morgan fingerprint density at radius 3 is 3.00 bits per heavy atom. The maximum absolute atomic E-state index is 12.2. The lowest BCUT2D eigenvalue weighted by atomic mass is 9.92. The number of piperidine rings is 1. The van der Waals surface area contributed by atoms with E-state index in [2.05, 4.69) is 22.7 Å². The van der Waals surface area contributed by atoms with Crippen LogP contribution in [0, 0.1) is 5.92 Å². The molecule has 0 bridgehead atoms. The first kappa shape index (κ1) is 15.7. The van der Waals surface area contributed by atoms with Crippen molar-refractivity contribution in [3.63, 3.8) is 0 Å². The molecule has 0 unspecified atom stereocenters. The van der Waals surface area contributed by atoms with E-state index in [1.54, 1.807) is 0 Å². The molecule has 0 aliphatic carbocycles. The molecule has 23 heavy (non-hydrogen) atoms. The second-order valence-electron chi connectivity index (χ2n) is 6.25. The van der Waals surface area contributed by atoms with E-state index in [0.29, 0.717) is 12.6 Å². The predicted octanol–water partition coefficient (Wildman–Crippen LogP) is 1.92. The maximum Gasteiger partial charge on any atom is 0.223 e. The first-order valence-corrected chi connectivity index (χ1v) is 8.32. The summed E-state index contributed by atoms with van der Waals surface area (Å²) in [5.41, 5.74) is 2.18. The summed E-state index contributed by atoms with van der Waals surface area (Å²) in [6.45, 7) is 3.73. The molecule has 1 amide bonds. The minimum atomic E-state index is 0.151. The summed E-state index contributed by atoms with van der Waals surface area (Å²) in [6, 6.07) is 10.5. The first-order chi connectivity index (χ1) is 11.2. The number of para-hydroxylation sites is 1. The van der Waals surface area contributed by atoms with E-state index in [1.807, 2.05) is 47.4 Å². The molecule has 0 spiro atoms. The Labute approximate surface area is 137 Å². The molecule has 0 radical (unpaired) electrons. The van der Waals surface area contributed by atoms with Crippen molar-refractivity contribution in [2.24, 2.45) is 5.92 Å². The van der Waals surface area contributed by atoms with Gasteiger partial charge in [-0.3, -0.25) is 4.79 Å². The number of aromatic nitrogens is 2. The lowest BCUT2D eigenvalue weighted by Gasteiger charge is -2.27. The Bertz CT molecular complexity index is 637. The predicted molar refractivity (Wildman–Crippen MR) is 90.5 cm³/mol. The van der Waals surface area contributed by atoms with Crippen molar-refractivity contribution >= 4 is 5.91 Å². The van der Waals surface area contributed by atoms with Crippen molar-refractivity contribution in [1.82, 2.24) is 20.4 Å². The van der Waals surface area contributed by atoms with Gasteiger partial charge in [-0.05, 0) is 50.4 Å². The number of carbonyl (C=O) groups is 1. The van der Waals surface area contributed by atoms with Gasteiger partial charge in [-0.2, -0.15) is 5.10 Å². The van der Waals surface area contributed by atoms with Crippen LogP contribution in [0.25, 0.3) is 5.69 Å². The van der Waals surface area contributed by atoms with Crippen molar-refractivity contribution in [3.05, 3.63) is 48.3 Å². The van der Waals surface area contributed by atoms with Crippen molar-refractivity contribution < 1.29 is 4.79 Å². The molecule has 0 saturated carbocycles. The summed E-state index contributed by atoms with van der Waals surface area (Å²) in [7, 11) is 0. The van der Waals surface area contributed by atoms with Crippen LogP contribution in [-0.4, -0.2) is 34.8 Å². The summed E-state index contributed by atoms with van der Waals surface area (Å²) < 4.78 is 1.87. The third kappa shape index (κ3) is 4.20. The monoisotopic (exact) mass is 312 g/mol. The smallest absolute Gasteiger partial charge is 0.223 e. The van der Waals surface area contributed by atoms with E-state index in [4.69, 9.17) is 0 Å². The molecule has 1 aromatic heterocycles. The second-order valence-corrected chi connectivity index (χ2v) is 6.25. The Kier molecular flexibility index (Phi) is 5.08. The van der Waals surface area contributed by atoms with Gasteiger partial charge in [0.25, 0.3) is 0 Å². The molecule has 5 nitrogen and oxygen atoms in total. The lowest BCUT2D eigenvalue weighted by molar-refractivity contribution is -0.126. The SMILES string of the molecule is C[C@H]1C[C@@H](C(=O)NCCc2cnn(-c3ccccc3)c2)CCN1. The molecule has 1 aliphatic rings. The van der Waals surface area contributed by atoms with Crippen LogP contribution in [0.15, 0.2) is 42.7 Å². The Hall–Kier alpha value is -2.14. The molecule has 2 atom stereocenters. The molecule has 1 aliphatic heterocycles. The third-order valence-electron chi connectivity index (χ3n) is 4.36. The molecule has 1 saturated heterocycles. The van der Waals surface area contributed by atoms with Crippen LogP contribution in [0.1, 0.15) is 25.3 Å². The molecule has 3 rings (SSSR count). The zero-order valence-corrected chi connectivity index (χ0v) is 13.5. The zero-order chi connectivity index (χ0) is 16.1. The minimum absolute atomic E-state index is 0.151. The number of hydrogen-bond acceptors (Lipinski definition) is 3. The van der Waals surface area contributed by atoms with Crippen LogP contribution >= 0.6 is 0 Å². The van der Waals surface area contributed by atoms with Gasteiger partial charge in [0.15, 0.2) is 0 Å². The molecule has 1 fully saturated rings. The van der Waals surface area contributed by atoms with Gasteiger partial charge in [-0.1, -0.05) is 18.2 Å². The van der Waals surface area contributed by atoms with Gasteiger partial charge >= 0.3 is 0 Å². The summed E-state index contributed by atoms with van der Waals surface area (Å²) in [5, 5.41) is 10.8. The highest BCUT2D eigenvalue weighted by atomic mass is 16.1. The number of rotatable bonds is 5. The number of amides is 1. The average Bonchev–Trinajstić information content (AvgIpc) is 3.04. The Morgan fingerprint density at radius 1 is 1.39 bits per heavy atom. The Balaban J connectivity index is 1.47. The van der Waals surface area contributed by atoms with Gasteiger partial charge in [0.05, 0.1) is 11.9 Å². The summed E-state index contributed by atoms with van der Waals surface area (Å²) in [6.07, 6.45) is 6.55. The average molecular weight is 312 g/mol. The summed E-state index contributed by atoms with van der Waals surface area (Å²) in [4.78, 5) is 12.2. The first-order valence-electron chi connectivity index (χ1n) is 8.32. The summed E-state index contributed by atoms with van der Waals surface area (Å²) in [5.74, 6) is 0.340. The van der Waals surface area contributed by atoms with Gasteiger partial charge in [-0.15, -0.1) is 0 Å². The fourth-order valence-corrected chi connectivity index (χ4v) is 3.06. The van der Waals surface area contributed by atoms with Gasteiger partial charge < -0.3 is 10.6 Å². The van der Waals surface area contributed by atoms with Gasteiger partial charge in [0.1, 0.15) is 0 Å². The summed E-state index contributed by atoms with van der Waals surface area (Å²) >= 11 is 0. The number of carbonyl (C=O) groups excluding carboxylic acids is 1. The van der Waals surface area contributed by atoms with Gasteiger partial charge in [0.2, 0.25) is 5.91 Å². The van der Waals surface area contributed by atoms with Crippen molar-refractivity contribution in [2.45, 2.75) is 32.2 Å². The molecule has 122 valence electrons. The molecule has 2 N–H and O–H groups in total. The van der Waals surface area contributed by atoms with Crippen LogP contribution in [0.3, 0.4) is 0 Å². The van der Waals surface area contributed by atoms with Gasteiger partial charge in [0, 0.05) is 24.7 Å². The van der Waals surface area contributed by atoms with Crippen LogP contribution in [0.4, 0.5) is 0 Å². The minimum Gasteiger partial charge on any atom is -0.356 e. The van der Waals surface area contributed by atoms with Crippen molar-refractivity contribution in [1.29, 1.82) is 0 Å². The topological polar surface area (TPSA) is 59.0 Å². The highest BCUT2D eigenvalue weighted by molar-refractivity contribution is 5.78. The molecule has 2 aromatic rings. The van der Waals surface area contributed by atoms with E-state index in [1.165, 1.54) is 0 Å². The largest absolute Gasteiger partial charge is 0.356 e. The maximum atomic E-state index is 12.2. The van der Waals surface area contributed by atoms with E-state index in [0.717, 1.165) is 37.1 Å². The molecule has 1 aromatic carbocycles. The van der Waals surface area contributed by atoms with Gasteiger partial charge in [-0.25, -0.2) is 4.68 Å². The van der Waals surface area contributed by atoms with E-state index >= 15 is 0 Å². The van der Waals surface area contributed by atoms with E-state index in [-0.39, 0.29) is 11.8 Å². The van der Waals surface area contributed by atoms with Crippen LogP contribution in [-0.2, 0) is 11.2 Å². The normalized spacial score (nSPS) is 21.1. The molecular weight excluding hydrogens is 288 g/mol. The molecule has 5 heteroatoms. The van der Waals surface area contributed by atoms with Crippen molar-refractivity contribution in [3.8, 4) is 5.69 Å². The van der Waals surface area contributed by atoms with Crippen LogP contribution in [0.2, 0.25) is 0 Å². The van der Waals surface area contributed by atoms with Crippen molar-refractivity contribution in [2.75, 3.05) is 13.1 Å². The van der Waals surface area contributed by atoms with E-state index < -0.39 is 0 Å². The molecule has 2 heterocycles. The molecular formula is C18H24N4O. The fourth-order valence-electron chi connectivity index (χ4n) is 3.06. The highest BCUT2D eigenvalue weighted by Gasteiger charge is 2.24. The fraction of sp³-hybridized carbons (Fsp3) is 0.444.